The van der Waals surface area contributed by atoms with Crippen molar-refractivity contribution >= 4 is 29.2 Å². The number of halogens is 1. The second-order valence-electron chi connectivity index (χ2n) is 6.86. The molecule has 7 nitrogen and oxygen atoms in total. The summed E-state index contributed by atoms with van der Waals surface area (Å²) in [5.41, 5.74) is 2.19. The average molecular weight is 453 g/mol. The van der Waals surface area contributed by atoms with Gasteiger partial charge in [-0.05, 0) is 36.6 Å². The second-order valence-corrected chi connectivity index (χ2v) is 7.26. The van der Waals surface area contributed by atoms with Gasteiger partial charge in [0.1, 0.15) is 0 Å². The Labute approximate surface area is 190 Å². The van der Waals surface area contributed by atoms with Crippen molar-refractivity contribution in [1.82, 2.24) is 5.32 Å². The van der Waals surface area contributed by atoms with E-state index >= 15 is 0 Å². The first-order chi connectivity index (χ1) is 15.4. The van der Waals surface area contributed by atoms with Gasteiger partial charge in [-0.25, -0.2) is 4.79 Å². The summed E-state index contributed by atoms with van der Waals surface area (Å²) in [5.74, 6) is -0.997. The van der Waals surface area contributed by atoms with Gasteiger partial charge in [0, 0.05) is 18.2 Å². The molecule has 1 amide bonds. The van der Waals surface area contributed by atoms with Crippen LogP contribution in [-0.2, 0) is 11.2 Å². The van der Waals surface area contributed by atoms with Crippen LogP contribution in [0.2, 0.25) is 5.02 Å². The number of nitro groups is 1. The van der Waals surface area contributed by atoms with E-state index < -0.39 is 10.9 Å². The minimum absolute atomic E-state index is 0.106. The van der Waals surface area contributed by atoms with E-state index in [0.29, 0.717) is 21.7 Å². The van der Waals surface area contributed by atoms with Gasteiger partial charge in [0.25, 0.3) is 11.6 Å². The van der Waals surface area contributed by atoms with Crippen molar-refractivity contribution in [1.29, 1.82) is 0 Å². The monoisotopic (exact) mass is 452 g/mol. The van der Waals surface area contributed by atoms with Crippen molar-refractivity contribution in [2.24, 2.45) is 0 Å². The van der Waals surface area contributed by atoms with Crippen LogP contribution >= 0.6 is 11.6 Å². The first-order valence-corrected chi connectivity index (χ1v) is 10.4. The molecule has 3 aromatic rings. The minimum atomic E-state index is -0.623. The lowest BCUT2D eigenvalue weighted by Gasteiger charge is -2.12. The Morgan fingerprint density at radius 1 is 1.06 bits per heavy atom. The molecule has 3 rings (SSSR count). The summed E-state index contributed by atoms with van der Waals surface area (Å²) in [5, 5.41) is 14.6. The predicted molar refractivity (Wildman–Crippen MR) is 122 cm³/mol. The zero-order chi connectivity index (χ0) is 23.1. The number of nitro benzene ring substituents is 1. The molecule has 0 bridgehead atoms. The third-order valence-electron chi connectivity index (χ3n) is 4.80. The number of nitrogens with zero attached hydrogens (tertiary/aromatic N) is 1. The van der Waals surface area contributed by atoms with Gasteiger partial charge in [-0.3, -0.25) is 14.9 Å². The molecule has 0 aliphatic carbocycles. The van der Waals surface area contributed by atoms with E-state index in [2.05, 4.69) is 5.32 Å². The molecular weight excluding hydrogens is 432 g/mol. The average Bonchev–Trinajstić information content (AvgIpc) is 2.79. The number of esters is 1. The fourth-order valence-corrected chi connectivity index (χ4v) is 3.56. The van der Waals surface area contributed by atoms with Crippen LogP contribution in [-0.4, -0.2) is 30.0 Å². The molecule has 3 aromatic carbocycles. The zero-order valence-corrected chi connectivity index (χ0v) is 18.1. The number of carbonyl (C=O) groups excluding carboxylic acids is 2. The van der Waals surface area contributed by atoms with Gasteiger partial charge in [-0.15, -0.1) is 0 Å². The van der Waals surface area contributed by atoms with E-state index in [-0.39, 0.29) is 36.7 Å². The predicted octanol–water partition coefficient (Wildman–Crippen LogP) is 5.06. The van der Waals surface area contributed by atoms with Crippen LogP contribution in [0.15, 0.2) is 66.7 Å². The molecule has 8 heteroatoms. The summed E-state index contributed by atoms with van der Waals surface area (Å²) < 4.78 is 4.89. The maximum atomic E-state index is 12.9. The third-order valence-corrected chi connectivity index (χ3v) is 5.11. The number of benzene rings is 3. The van der Waals surface area contributed by atoms with E-state index in [0.717, 1.165) is 5.56 Å². The molecule has 0 aromatic heterocycles. The Bertz CT molecular complexity index is 1150. The van der Waals surface area contributed by atoms with E-state index in [1.54, 1.807) is 19.1 Å². The first-order valence-electron chi connectivity index (χ1n) is 9.99. The van der Waals surface area contributed by atoms with Crippen molar-refractivity contribution in [2.75, 3.05) is 13.2 Å². The molecule has 0 atom stereocenters. The highest BCUT2D eigenvalue weighted by molar-refractivity contribution is 6.34. The topological polar surface area (TPSA) is 98.5 Å². The molecule has 0 saturated carbocycles. The Morgan fingerprint density at radius 2 is 1.81 bits per heavy atom. The fourth-order valence-electron chi connectivity index (χ4n) is 3.30. The number of rotatable bonds is 8. The Kier molecular flexibility index (Phi) is 7.57. The minimum Gasteiger partial charge on any atom is -0.462 e. The summed E-state index contributed by atoms with van der Waals surface area (Å²) in [6.07, 6.45) is 0.205. The van der Waals surface area contributed by atoms with E-state index in [1.165, 1.54) is 18.2 Å². The summed E-state index contributed by atoms with van der Waals surface area (Å²) in [6, 6.07) is 18.8. The van der Waals surface area contributed by atoms with Gasteiger partial charge in [0.2, 0.25) is 0 Å². The molecule has 0 spiro atoms. The van der Waals surface area contributed by atoms with Gasteiger partial charge < -0.3 is 10.1 Å². The lowest BCUT2D eigenvalue weighted by Crippen LogP contribution is -2.26. The Hall–Kier alpha value is -3.71. The van der Waals surface area contributed by atoms with E-state index in [1.807, 2.05) is 36.4 Å². The van der Waals surface area contributed by atoms with Crippen molar-refractivity contribution in [3.05, 3.63) is 98.6 Å². The van der Waals surface area contributed by atoms with Crippen molar-refractivity contribution in [2.45, 2.75) is 13.3 Å². The molecule has 164 valence electrons. The highest BCUT2D eigenvalue weighted by atomic mass is 35.5. The maximum absolute atomic E-state index is 12.9. The van der Waals surface area contributed by atoms with Crippen molar-refractivity contribution in [3.63, 3.8) is 0 Å². The molecule has 0 aliphatic rings. The van der Waals surface area contributed by atoms with Gasteiger partial charge >= 0.3 is 5.97 Å². The molecule has 0 aliphatic heterocycles. The van der Waals surface area contributed by atoms with Crippen LogP contribution in [0, 0.1) is 10.1 Å². The molecule has 1 N–H and O–H groups in total. The number of hydrogen-bond acceptors (Lipinski definition) is 5. The van der Waals surface area contributed by atoms with Crippen LogP contribution < -0.4 is 5.32 Å². The Balaban J connectivity index is 1.76. The zero-order valence-electron chi connectivity index (χ0n) is 17.3. The second kappa shape index (κ2) is 10.5. The van der Waals surface area contributed by atoms with Crippen LogP contribution in [0.25, 0.3) is 11.1 Å². The normalized spacial score (nSPS) is 10.4. The van der Waals surface area contributed by atoms with Gasteiger partial charge in [0.05, 0.1) is 27.7 Å². The van der Waals surface area contributed by atoms with Gasteiger partial charge in [-0.1, -0.05) is 60.1 Å². The van der Waals surface area contributed by atoms with E-state index in [9.17, 15) is 19.7 Å². The smallest absolute Gasteiger partial charge is 0.338 e. The third kappa shape index (κ3) is 5.31. The number of ether oxygens (including phenoxy) is 1. The van der Waals surface area contributed by atoms with Crippen molar-refractivity contribution < 1.29 is 19.2 Å². The highest BCUT2D eigenvalue weighted by Gasteiger charge is 2.20. The SMILES string of the molecule is CCOC(=O)c1ccc(CCNC(=O)c2c(Cl)cccc2-c2ccccc2)c([N+](=O)[O-])c1. The molecule has 0 heterocycles. The van der Waals surface area contributed by atoms with Crippen LogP contribution in [0.5, 0.6) is 0 Å². The molecule has 0 radical (unpaired) electrons. The summed E-state index contributed by atoms with van der Waals surface area (Å²) in [6.45, 7) is 1.98. The first kappa shape index (κ1) is 23.0. The quantitative estimate of drug-likeness (QED) is 0.292. The lowest BCUT2D eigenvalue weighted by atomic mass is 9.99. The molecule has 0 fully saturated rings. The number of amides is 1. The Morgan fingerprint density at radius 3 is 2.50 bits per heavy atom. The van der Waals surface area contributed by atoms with E-state index in [4.69, 9.17) is 16.3 Å². The molecular formula is C24H21ClN2O5. The van der Waals surface area contributed by atoms with Crippen LogP contribution in [0.3, 0.4) is 0 Å². The number of hydrogen-bond donors (Lipinski definition) is 1. The number of nitrogens with one attached hydrogen (secondary N) is 1. The largest absolute Gasteiger partial charge is 0.462 e. The molecule has 0 unspecified atom stereocenters. The lowest BCUT2D eigenvalue weighted by molar-refractivity contribution is -0.385. The van der Waals surface area contributed by atoms with Gasteiger partial charge in [-0.2, -0.15) is 0 Å². The maximum Gasteiger partial charge on any atom is 0.338 e. The van der Waals surface area contributed by atoms with Gasteiger partial charge in [0.15, 0.2) is 0 Å². The van der Waals surface area contributed by atoms with Crippen LogP contribution in [0.4, 0.5) is 5.69 Å². The van der Waals surface area contributed by atoms with Crippen LogP contribution in [0.1, 0.15) is 33.2 Å². The highest BCUT2D eigenvalue weighted by Crippen LogP contribution is 2.29. The van der Waals surface area contributed by atoms with Crippen molar-refractivity contribution in [3.8, 4) is 11.1 Å². The number of carbonyl (C=O) groups is 2. The fraction of sp³-hybridized carbons (Fsp3) is 0.167. The summed E-state index contributed by atoms with van der Waals surface area (Å²) >= 11 is 6.32. The standard InChI is InChI=1S/C24H21ClN2O5/c1-2-32-24(29)18-12-11-17(21(15-18)27(30)31)13-14-26-23(28)22-19(9-6-10-20(22)25)16-7-4-3-5-8-16/h3-12,15H,2,13-14H2,1H3,(H,26,28). The summed E-state index contributed by atoms with van der Waals surface area (Å²) in [4.78, 5) is 35.7. The summed E-state index contributed by atoms with van der Waals surface area (Å²) in [7, 11) is 0. The molecule has 32 heavy (non-hydrogen) atoms. The molecule has 0 saturated heterocycles.